The zero-order valence-electron chi connectivity index (χ0n) is 10.2. The van der Waals surface area contributed by atoms with Gasteiger partial charge in [-0.3, -0.25) is 0 Å². The Morgan fingerprint density at radius 1 is 1.19 bits per heavy atom. The first-order valence-corrected chi connectivity index (χ1v) is 6.22. The van der Waals surface area contributed by atoms with Crippen LogP contribution in [0, 0.1) is 6.92 Å². The monoisotopic (exact) mass is 242 g/mol. The molecule has 0 fully saturated rings. The summed E-state index contributed by atoms with van der Waals surface area (Å²) in [6.07, 6.45) is 3.99. The predicted octanol–water partition coefficient (Wildman–Crippen LogP) is 3.57. The van der Waals surface area contributed by atoms with Gasteiger partial charge in [0.05, 0.1) is 6.61 Å². The van der Waals surface area contributed by atoms with Crippen LogP contribution in [0.4, 0.5) is 0 Å². The van der Waals surface area contributed by atoms with Crippen molar-refractivity contribution < 1.29 is 4.74 Å². The number of aromatic nitrogens is 2. The molecule has 0 aliphatic heterocycles. The summed E-state index contributed by atoms with van der Waals surface area (Å²) >= 11 is 6.04. The molecule has 0 bridgehead atoms. The Kier molecular flexibility index (Phi) is 5.53. The van der Waals surface area contributed by atoms with Gasteiger partial charge >= 0.3 is 0 Å². The third kappa shape index (κ3) is 3.63. The van der Waals surface area contributed by atoms with Gasteiger partial charge in [-0.1, -0.05) is 31.9 Å². The molecule has 16 heavy (non-hydrogen) atoms. The second kappa shape index (κ2) is 6.69. The van der Waals surface area contributed by atoms with E-state index in [1.165, 1.54) is 0 Å². The van der Waals surface area contributed by atoms with E-state index < -0.39 is 0 Å². The van der Waals surface area contributed by atoms with Crippen LogP contribution in [0.2, 0.25) is 5.15 Å². The van der Waals surface area contributed by atoms with Crippen molar-refractivity contribution in [1.82, 2.24) is 9.97 Å². The van der Waals surface area contributed by atoms with Gasteiger partial charge in [-0.15, -0.1) is 0 Å². The number of halogens is 1. The topological polar surface area (TPSA) is 35.0 Å². The average molecular weight is 243 g/mol. The summed E-state index contributed by atoms with van der Waals surface area (Å²) in [5, 5.41) is 0.505. The minimum atomic E-state index is 0.505. The van der Waals surface area contributed by atoms with Crippen LogP contribution in [-0.2, 0) is 6.42 Å². The fourth-order valence-corrected chi connectivity index (χ4v) is 1.48. The molecule has 0 N–H and O–H groups in total. The Bertz CT molecular complexity index is 342. The first kappa shape index (κ1) is 13.2. The number of ether oxygens (including phenoxy) is 1. The largest absolute Gasteiger partial charge is 0.477 e. The van der Waals surface area contributed by atoms with Crippen LogP contribution in [0.3, 0.4) is 0 Å². The van der Waals surface area contributed by atoms with Crippen molar-refractivity contribution in [3.05, 3.63) is 16.5 Å². The molecule has 0 atom stereocenters. The Morgan fingerprint density at radius 2 is 1.94 bits per heavy atom. The highest BCUT2D eigenvalue weighted by Crippen LogP contribution is 2.22. The Hall–Kier alpha value is -0.830. The summed E-state index contributed by atoms with van der Waals surface area (Å²) in [7, 11) is 0. The fourth-order valence-electron chi connectivity index (χ4n) is 1.30. The van der Waals surface area contributed by atoms with Crippen LogP contribution >= 0.6 is 11.6 Å². The molecule has 0 saturated heterocycles. The van der Waals surface area contributed by atoms with E-state index in [1.807, 2.05) is 6.92 Å². The van der Waals surface area contributed by atoms with Gasteiger partial charge in [-0.25, -0.2) is 4.98 Å². The van der Waals surface area contributed by atoms with E-state index in [1.54, 1.807) is 0 Å². The number of aryl methyl sites for hydroxylation is 1. The van der Waals surface area contributed by atoms with Gasteiger partial charge in [0.2, 0.25) is 5.88 Å². The summed E-state index contributed by atoms with van der Waals surface area (Å²) in [4.78, 5) is 8.60. The molecular formula is C12H19ClN2O. The number of nitrogens with zero attached hydrogens (tertiary/aromatic N) is 2. The highest BCUT2D eigenvalue weighted by molar-refractivity contribution is 6.30. The molecule has 1 aromatic heterocycles. The van der Waals surface area contributed by atoms with Gasteiger partial charge in [0, 0.05) is 12.0 Å². The van der Waals surface area contributed by atoms with Crippen molar-refractivity contribution in [3.63, 3.8) is 0 Å². The molecule has 0 aliphatic carbocycles. The second-order valence-electron chi connectivity index (χ2n) is 3.81. The van der Waals surface area contributed by atoms with Crippen molar-refractivity contribution in [2.75, 3.05) is 6.61 Å². The van der Waals surface area contributed by atoms with E-state index in [0.29, 0.717) is 17.6 Å². The van der Waals surface area contributed by atoms with E-state index >= 15 is 0 Å². The summed E-state index contributed by atoms with van der Waals surface area (Å²) < 4.78 is 5.61. The summed E-state index contributed by atoms with van der Waals surface area (Å²) in [6, 6.07) is 0. The maximum atomic E-state index is 6.04. The van der Waals surface area contributed by atoms with Crippen molar-refractivity contribution in [2.24, 2.45) is 0 Å². The minimum absolute atomic E-state index is 0.505. The maximum Gasteiger partial charge on any atom is 0.221 e. The lowest BCUT2D eigenvalue weighted by atomic mass is 10.3. The maximum absolute atomic E-state index is 6.04. The van der Waals surface area contributed by atoms with Crippen molar-refractivity contribution in [2.45, 2.75) is 46.5 Å². The van der Waals surface area contributed by atoms with Gasteiger partial charge in [0.1, 0.15) is 11.0 Å². The molecule has 0 saturated carbocycles. The molecule has 0 unspecified atom stereocenters. The minimum Gasteiger partial charge on any atom is -0.477 e. The molecule has 90 valence electrons. The third-order valence-corrected chi connectivity index (χ3v) is 2.67. The normalized spacial score (nSPS) is 10.5. The Labute approximate surface area is 102 Å². The molecule has 1 aromatic rings. The molecule has 0 amide bonds. The predicted molar refractivity (Wildman–Crippen MR) is 66.2 cm³/mol. The molecule has 0 spiro atoms. The lowest BCUT2D eigenvalue weighted by molar-refractivity contribution is 0.294. The van der Waals surface area contributed by atoms with Crippen LogP contribution in [0.5, 0.6) is 5.88 Å². The molecule has 0 aliphatic rings. The lowest BCUT2D eigenvalue weighted by Gasteiger charge is -2.10. The number of unbranched alkanes of at least 4 members (excludes halogenated alkanes) is 1. The van der Waals surface area contributed by atoms with E-state index in [2.05, 4.69) is 23.8 Å². The number of hydrogen-bond donors (Lipinski definition) is 0. The molecule has 0 aromatic carbocycles. The number of hydrogen-bond acceptors (Lipinski definition) is 3. The quantitative estimate of drug-likeness (QED) is 0.565. The van der Waals surface area contributed by atoms with Crippen LogP contribution in [-0.4, -0.2) is 16.6 Å². The average Bonchev–Trinajstić information content (AvgIpc) is 2.25. The van der Waals surface area contributed by atoms with Crippen LogP contribution in [0.1, 0.15) is 44.5 Å². The van der Waals surface area contributed by atoms with E-state index in [-0.39, 0.29) is 0 Å². The third-order valence-electron chi connectivity index (χ3n) is 2.30. The van der Waals surface area contributed by atoms with Gasteiger partial charge in [0.25, 0.3) is 0 Å². The molecule has 1 rings (SSSR count). The lowest BCUT2D eigenvalue weighted by Crippen LogP contribution is -2.05. The standard InChI is InChI=1S/C12H19ClN2O/c1-4-6-8-16-12-9(3)11(13)14-10(15-12)7-5-2/h4-8H2,1-3H3. The highest BCUT2D eigenvalue weighted by Gasteiger charge is 2.09. The first-order valence-electron chi connectivity index (χ1n) is 5.84. The molecule has 3 nitrogen and oxygen atoms in total. The van der Waals surface area contributed by atoms with Crippen molar-refractivity contribution >= 4 is 11.6 Å². The Balaban J connectivity index is 2.79. The zero-order valence-corrected chi connectivity index (χ0v) is 11.0. The molecule has 1 heterocycles. The van der Waals surface area contributed by atoms with Gasteiger partial charge in [0.15, 0.2) is 0 Å². The summed E-state index contributed by atoms with van der Waals surface area (Å²) in [6.45, 7) is 6.80. The van der Waals surface area contributed by atoms with E-state index in [4.69, 9.17) is 16.3 Å². The van der Waals surface area contributed by atoms with Gasteiger partial charge in [-0.05, 0) is 19.8 Å². The number of rotatable bonds is 6. The van der Waals surface area contributed by atoms with Gasteiger partial charge in [-0.2, -0.15) is 4.98 Å². The van der Waals surface area contributed by atoms with E-state index in [9.17, 15) is 0 Å². The summed E-state index contributed by atoms with van der Waals surface area (Å²) in [5.41, 5.74) is 0.831. The van der Waals surface area contributed by atoms with Crippen LogP contribution in [0.25, 0.3) is 0 Å². The van der Waals surface area contributed by atoms with E-state index in [0.717, 1.165) is 37.1 Å². The van der Waals surface area contributed by atoms with Gasteiger partial charge < -0.3 is 4.74 Å². The second-order valence-corrected chi connectivity index (χ2v) is 4.17. The van der Waals surface area contributed by atoms with Crippen molar-refractivity contribution in [3.8, 4) is 5.88 Å². The highest BCUT2D eigenvalue weighted by atomic mass is 35.5. The zero-order chi connectivity index (χ0) is 12.0. The molecular weight excluding hydrogens is 224 g/mol. The SMILES string of the molecule is CCCCOc1nc(CCC)nc(Cl)c1C. The smallest absolute Gasteiger partial charge is 0.221 e. The van der Waals surface area contributed by atoms with Crippen LogP contribution < -0.4 is 4.74 Å². The molecule has 4 heteroatoms. The first-order chi connectivity index (χ1) is 7.69. The fraction of sp³-hybridized carbons (Fsp3) is 0.667. The van der Waals surface area contributed by atoms with Crippen LogP contribution in [0.15, 0.2) is 0 Å². The Morgan fingerprint density at radius 3 is 2.56 bits per heavy atom. The summed E-state index contributed by atoms with van der Waals surface area (Å²) in [5.74, 6) is 1.40. The van der Waals surface area contributed by atoms with Crippen molar-refractivity contribution in [1.29, 1.82) is 0 Å². The molecule has 0 radical (unpaired) electrons.